The molecule has 1 aromatic carbocycles. The lowest BCUT2D eigenvalue weighted by Crippen LogP contribution is -2.42. The number of methoxy groups -OCH3 is 1. The highest BCUT2D eigenvalue weighted by Crippen LogP contribution is 2.19. The maximum absolute atomic E-state index is 11.9. The summed E-state index contributed by atoms with van der Waals surface area (Å²) in [5, 5.41) is 9.03. The van der Waals surface area contributed by atoms with Crippen LogP contribution in [0.5, 0.6) is 11.5 Å². The quantitative estimate of drug-likeness (QED) is 0.690. The molecule has 2 aromatic rings. The van der Waals surface area contributed by atoms with Crippen molar-refractivity contribution >= 4 is 11.8 Å². The van der Waals surface area contributed by atoms with Gasteiger partial charge in [0.05, 0.1) is 12.8 Å². The lowest BCUT2D eigenvalue weighted by atomic mass is 10.3. The normalized spacial score (nSPS) is 11.6. The molecule has 2 amide bonds. The number of benzene rings is 1. The van der Waals surface area contributed by atoms with Gasteiger partial charge in [0.25, 0.3) is 5.91 Å². The van der Waals surface area contributed by atoms with Crippen LogP contribution in [0, 0.1) is 0 Å². The SMILES string of the molecule is COc1cccc(OCc2cc(C(=O)N[C@H](C)C(N)=O)n[nH]2)c1. The minimum absolute atomic E-state index is 0.155. The summed E-state index contributed by atoms with van der Waals surface area (Å²) in [4.78, 5) is 22.8. The first-order valence-electron chi connectivity index (χ1n) is 6.91. The first kappa shape index (κ1) is 16.3. The van der Waals surface area contributed by atoms with E-state index >= 15 is 0 Å². The van der Waals surface area contributed by atoms with E-state index in [0.29, 0.717) is 17.2 Å². The Balaban J connectivity index is 1.94. The smallest absolute Gasteiger partial charge is 0.272 e. The number of nitrogens with zero attached hydrogens (tertiary/aromatic N) is 1. The highest BCUT2D eigenvalue weighted by molar-refractivity contribution is 5.95. The molecule has 0 aliphatic heterocycles. The van der Waals surface area contributed by atoms with Crippen LogP contribution in [-0.4, -0.2) is 35.2 Å². The molecule has 0 aliphatic rings. The molecule has 0 saturated heterocycles. The number of nitrogens with two attached hydrogens (primary N) is 1. The highest BCUT2D eigenvalue weighted by atomic mass is 16.5. The molecule has 122 valence electrons. The minimum Gasteiger partial charge on any atom is -0.497 e. The van der Waals surface area contributed by atoms with E-state index < -0.39 is 17.9 Å². The third kappa shape index (κ3) is 4.47. The summed E-state index contributed by atoms with van der Waals surface area (Å²) in [7, 11) is 1.58. The Hall–Kier alpha value is -3.03. The van der Waals surface area contributed by atoms with Crippen molar-refractivity contribution in [3.05, 3.63) is 41.7 Å². The number of aromatic nitrogens is 2. The average molecular weight is 318 g/mol. The van der Waals surface area contributed by atoms with Gasteiger partial charge in [-0.15, -0.1) is 0 Å². The number of H-pyrrole nitrogens is 1. The highest BCUT2D eigenvalue weighted by Gasteiger charge is 2.16. The molecule has 0 fully saturated rings. The number of amides is 2. The van der Waals surface area contributed by atoms with Crippen LogP contribution in [0.2, 0.25) is 0 Å². The standard InChI is InChI=1S/C15H18N4O4/c1-9(14(16)20)17-15(21)13-6-10(18-19-13)8-23-12-5-3-4-11(7-12)22-2/h3-7,9H,8H2,1-2H3,(H2,16,20)(H,17,21)(H,18,19)/t9-/m1/s1. The molecule has 8 heteroatoms. The Kier molecular flexibility index (Phi) is 5.19. The second-order valence-electron chi connectivity index (χ2n) is 4.84. The number of nitrogens with one attached hydrogen (secondary N) is 2. The number of carbonyl (C=O) groups excluding carboxylic acids is 2. The summed E-state index contributed by atoms with van der Waals surface area (Å²) in [6, 6.07) is 7.94. The van der Waals surface area contributed by atoms with E-state index in [4.69, 9.17) is 15.2 Å². The molecule has 1 heterocycles. The van der Waals surface area contributed by atoms with Gasteiger partial charge < -0.3 is 20.5 Å². The zero-order valence-corrected chi connectivity index (χ0v) is 12.8. The van der Waals surface area contributed by atoms with Crippen LogP contribution >= 0.6 is 0 Å². The van der Waals surface area contributed by atoms with E-state index in [2.05, 4.69) is 15.5 Å². The lowest BCUT2D eigenvalue weighted by molar-refractivity contribution is -0.119. The summed E-state index contributed by atoms with van der Waals surface area (Å²) in [5.41, 5.74) is 5.86. The van der Waals surface area contributed by atoms with Gasteiger partial charge in [-0.05, 0) is 25.1 Å². The van der Waals surface area contributed by atoms with Crippen molar-refractivity contribution in [2.24, 2.45) is 5.73 Å². The molecule has 0 saturated carbocycles. The molecule has 1 atom stereocenters. The zero-order valence-electron chi connectivity index (χ0n) is 12.8. The Morgan fingerprint density at radius 2 is 2.09 bits per heavy atom. The van der Waals surface area contributed by atoms with E-state index in [1.54, 1.807) is 25.3 Å². The fraction of sp³-hybridized carbons (Fsp3) is 0.267. The maximum Gasteiger partial charge on any atom is 0.272 e. The number of ether oxygens (including phenoxy) is 2. The van der Waals surface area contributed by atoms with Crippen LogP contribution in [0.25, 0.3) is 0 Å². The second kappa shape index (κ2) is 7.30. The van der Waals surface area contributed by atoms with Gasteiger partial charge in [0, 0.05) is 6.07 Å². The van der Waals surface area contributed by atoms with Gasteiger partial charge in [0.1, 0.15) is 29.8 Å². The number of hydrogen-bond donors (Lipinski definition) is 3. The third-order valence-corrected chi connectivity index (χ3v) is 3.07. The summed E-state index contributed by atoms with van der Waals surface area (Å²) >= 11 is 0. The maximum atomic E-state index is 11.9. The molecule has 0 unspecified atom stereocenters. The van der Waals surface area contributed by atoms with Crippen LogP contribution in [0.4, 0.5) is 0 Å². The number of carbonyl (C=O) groups is 2. The zero-order chi connectivity index (χ0) is 16.8. The van der Waals surface area contributed by atoms with Gasteiger partial charge in [-0.3, -0.25) is 14.7 Å². The molecule has 2 rings (SSSR count). The van der Waals surface area contributed by atoms with Gasteiger partial charge in [-0.2, -0.15) is 5.10 Å². The Labute approximate surface area is 133 Å². The largest absolute Gasteiger partial charge is 0.497 e. The van der Waals surface area contributed by atoms with Crippen LogP contribution in [0.3, 0.4) is 0 Å². The molecule has 8 nitrogen and oxygen atoms in total. The Morgan fingerprint density at radius 3 is 2.78 bits per heavy atom. The predicted octanol–water partition coefficient (Wildman–Crippen LogP) is 0.601. The van der Waals surface area contributed by atoms with Gasteiger partial charge in [-0.25, -0.2) is 0 Å². The van der Waals surface area contributed by atoms with Crippen LogP contribution < -0.4 is 20.5 Å². The molecule has 0 aliphatic carbocycles. The van der Waals surface area contributed by atoms with Crippen molar-refractivity contribution < 1.29 is 19.1 Å². The van der Waals surface area contributed by atoms with Crippen LogP contribution in [-0.2, 0) is 11.4 Å². The van der Waals surface area contributed by atoms with E-state index in [1.807, 2.05) is 12.1 Å². The average Bonchev–Trinajstić information content (AvgIpc) is 3.02. The molecular formula is C15H18N4O4. The van der Waals surface area contributed by atoms with Crippen molar-refractivity contribution in [3.63, 3.8) is 0 Å². The summed E-state index contributed by atoms with van der Waals surface area (Å²) < 4.78 is 10.7. The van der Waals surface area contributed by atoms with Crippen molar-refractivity contribution in [3.8, 4) is 11.5 Å². The lowest BCUT2D eigenvalue weighted by Gasteiger charge is -2.07. The predicted molar refractivity (Wildman–Crippen MR) is 82.0 cm³/mol. The first-order chi connectivity index (χ1) is 11.0. The van der Waals surface area contributed by atoms with Crippen molar-refractivity contribution in [1.29, 1.82) is 0 Å². The van der Waals surface area contributed by atoms with Crippen molar-refractivity contribution in [2.75, 3.05) is 7.11 Å². The number of rotatable bonds is 7. The van der Waals surface area contributed by atoms with Crippen molar-refractivity contribution in [2.45, 2.75) is 19.6 Å². The number of aromatic amines is 1. The van der Waals surface area contributed by atoms with E-state index in [-0.39, 0.29) is 12.3 Å². The summed E-state index contributed by atoms with van der Waals surface area (Å²) in [5.74, 6) is 0.218. The fourth-order valence-electron chi connectivity index (χ4n) is 1.75. The number of primary amides is 1. The molecule has 0 radical (unpaired) electrons. The topological polar surface area (TPSA) is 119 Å². The van der Waals surface area contributed by atoms with Gasteiger partial charge >= 0.3 is 0 Å². The second-order valence-corrected chi connectivity index (χ2v) is 4.84. The summed E-state index contributed by atoms with van der Waals surface area (Å²) in [6.45, 7) is 1.71. The van der Waals surface area contributed by atoms with Gasteiger partial charge in [-0.1, -0.05) is 6.07 Å². The first-order valence-corrected chi connectivity index (χ1v) is 6.91. The van der Waals surface area contributed by atoms with Crippen LogP contribution in [0.15, 0.2) is 30.3 Å². The van der Waals surface area contributed by atoms with E-state index in [0.717, 1.165) is 0 Å². The molecule has 4 N–H and O–H groups in total. The fourth-order valence-corrected chi connectivity index (χ4v) is 1.75. The Bertz CT molecular complexity index is 698. The third-order valence-electron chi connectivity index (χ3n) is 3.07. The monoisotopic (exact) mass is 318 g/mol. The molecule has 0 bridgehead atoms. The number of hydrogen-bond acceptors (Lipinski definition) is 5. The van der Waals surface area contributed by atoms with Crippen LogP contribution in [0.1, 0.15) is 23.1 Å². The molecule has 1 aromatic heterocycles. The summed E-state index contributed by atoms with van der Waals surface area (Å²) in [6.07, 6.45) is 0. The van der Waals surface area contributed by atoms with Gasteiger partial charge in [0.2, 0.25) is 5.91 Å². The van der Waals surface area contributed by atoms with E-state index in [9.17, 15) is 9.59 Å². The van der Waals surface area contributed by atoms with E-state index in [1.165, 1.54) is 6.92 Å². The minimum atomic E-state index is -0.768. The molecular weight excluding hydrogens is 300 g/mol. The molecule has 0 spiro atoms. The van der Waals surface area contributed by atoms with Gasteiger partial charge in [0.15, 0.2) is 0 Å². The Morgan fingerprint density at radius 1 is 1.35 bits per heavy atom. The molecule has 23 heavy (non-hydrogen) atoms. The van der Waals surface area contributed by atoms with Crippen molar-refractivity contribution in [1.82, 2.24) is 15.5 Å².